The number of halogens is 1. The molecule has 0 amide bonds. The van der Waals surface area contributed by atoms with Crippen molar-refractivity contribution in [3.63, 3.8) is 0 Å². The second kappa shape index (κ2) is 9.83. The summed E-state index contributed by atoms with van der Waals surface area (Å²) in [6.45, 7) is 3.74. The third-order valence-corrected chi connectivity index (χ3v) is 5.50. The number of aromatic nitrogens is 4. The van der Waals surface area contributed by atoms with E-state index in [1.54, 1.807) is 49.6 Å². The van der Waals surface area contributed by atoms with Crippen LogP contribution in [-0.4, -0.2) is 32.2 Å². The number of carbonyl (C=O) groups is 1. The van der Waals surface area contributed by atoms with Crippen LogP contribution in [0.5, 0.6) is 11.5 Å². The van der Waals surface area contributed by atoms with Gasteiger partial charge in [0.05, 0.1) is 12.3 Å². The number of benzene rings is 2. The van der Waals surface area contributed by atoms with Gasteiger partial charge in [0, 0.05) is 35.4 Å². The summed E-state index contributed by atoms with van der Waals surface area (Å²) in [5, 5.41) is 7.92. The van der Waals surface area contributed by atoms with Crippen molar-refractivity contribution < 1.29 is 18.7 Å². The summed E-state index contributed by atoms with van der Waals surface area (Å²) in [7, 11) is 0. The molecule has 0 saturated heterocycles. The number of ether oxygens (including phenoxy) is 2. The van der Waals surface area contributed by atoms with Gasteiger partial charge in [-0.15, -0.1) is 5.10 Å². The molecule has 0 saturated carbocycles. The van der Waals surface area contributed by atoms with E-state index in [2.05, 4.69) is 20.4 Å². The zero-order valence-corrected chi connectivity index (χ0v) is 19.6. The maximum absolute atomic E-state index is 14.8. The molecule has 0 aliphatic carbocycles. The number of carbonyl (C=O) groups excluding carboxylic acids is 1. The van der Waals surface area contributed by atoms with Crippen molar-refractivity contribution >= 4 is 23.1 Å². The van der Waals surface area contributed by atoms with Crippen molar-refractivity contribution in [2.45, 2.75) is 13.8 Å². The van der Waals surface area contributed by atoms with Crippen molar-refractivity contribution in [3.8, 4) is 22.8 Å². The number of anilines is 2. The zero-order chi connectivity index (χ0) is 25.1. The Labute approximate surface area is 206 Å². The SMILES string of the molecule is CCOC(=O)c1cnc2c(C)c(Nc3ccc(Oc4ccncc4)cc3)nn2c1-c1ccccc1F. The van der Waals surface area contributed by atoms with Crippen LogP contribution in [0.2, 0.25) is 0 Å². The Balaban J connectivity index is 1.52. The quantitative estimate of drug-likeness (QED) is 0.286. The second-order valence-electron chi connectivity index (χ2n) is 7.86. The summed E-state index contributed by atoms with van der Waals surface area (Å²) in [5.41, 5.74) is 2.61. The van der Waals surface area contributed by atoms with Crippen molar-refractivity contribution in [1.82, 2.24) is 19.6 Å². The van der Waals surface area contributed by atoms with Gasteiger partial charge in [0.2, 0.25) is 0 Å². The molecule has 8 nitrogen and oxygen atoms in total. The minimum absolute atomic E-state index is 0.126. The van der Waals surface area contributed by atoms with E-state index in [1.165, 1.54) is 16.8 Å². The number of hydrogen-bond acceptors (Lipinski definition) is 7. The van der Waals surface area contributed by atoms with E-state index < -0.39 is 11.8 Å². The van der Waals surface area contributed by atoms with Crippen molar-refractivity contribution in [3.05, 3.63) is 96.2 Å². The molecule has 36 heavy (non-hydrogen) atoms. The maximum atomic E-state index is 14.8. The number of pyridine rings is 1. The highest BCUT2D eigenvalue weighted by atomic mass is 19.1. The average molecular weight is 484 g/mol. The fourth-order valence-electron chi connectivity index (χ4n) is 3.77. The lowest BCUT2D eigenvalue weighted by Crippen LogP contribution is -2.11. The van der Waals surface area contributed by atoms with Gasteiger partial charge in [0.15, 0.2) is 11.5 Å². The van der Waals surface area contributed by atoms with Gasteiger partial charge in [-0.05, 0) is 62.4 Å². The highest BCUT2D eigenvalue weighted by Crippen LogP contribution is 2.31. The van der Waals surface area contributed by atoms with Crippen LogP contribution >= 0.6 is 0 Å². The van der Waals surface area contributed by atoms with E-state index in [-0.39, 0.29) is 23.4 Å². The molecule has 3 aromatic heterocycles. The first-order valence-electron chi connectivity index (χ1n) is 11.3. The number of nitrogens with one attached hydrogen (secondary N) is 1. The molecule has 0 fully saturated rings. The van der Waals surface area contributed by atoms with Gasteiger partial charge in [-0.2, -0.15) is 0 Å². The summed E-state index contributed by atoms with van der Waals surface area (Å²) in [4.78, 5) is 21.1. The molecule has 0 atom stereocenters. The van der Waals surface area contributed by atoms with Crippen molar-refractivity contribution in [2.75, 3.05) is 11.9 Å². The first kappa shape index (κ1) is 23.0. The van der Waals surface area contributed by atoms with Gasteiger partial charge >= 0.3 is 5.97 Å². The average Bonchev–Trinajstić information content (AvgIpc) is 3.21. The topological polar surface area (TPSA) is 90.6 Å². The molecule has 9 heteroatoms. The molecule has 2 aromatic carbocycles. The van der Waals surface area contributed by atoms with Crippen LogP contribution in [0.1, 0.15) is 22.8 Å². The molecule has 0 spiro atoms. The Morgan fingerprint density at radius 3 is 2.47 bits per heavy atom. The molecule has 3 heterocycles. The molecule has 0 aliphatic heterocycles. The predicted octanol–water partition coefficient (Wildman–Crippen LogP) is 5.95. The van der Waals surface area contributed by atoms with E-state index >= 15 is 0 Å². The van der Waals surface area contributed by atoms with Crippen LogP contribution in [-0.2, 0) is 4.74 Å². The van der Waals surface area contributed by atoms with Gasteiger partial charge < -0.3 is 14.8 Å². The Morgan fingerprint density at radius 1 is 1.03 bits per heavy atom. The van der Waals surface area contributed by atoms with E-state index in [0.717, 1.165) is 11.3 Å². The number of nitrogens with zero attached hydrogens (tertiary/aromatic N) is 4. The summed E-state index contributed by atoms with van der Waals surface area (Å²) in [6.07, 6.45) is 4.72. The molecule has 0 aliphatic rings. The highest BCUT2D eigenvalue weighted by molar-refractivity contribution is 5.96. The van der Waals surface area contributed by atoms with Gasteiger partial charge in [0.1, 0.15) is 22.9 Å². The lowest BCUT2D eigenvalue weighted by Gasteiger charge is -2.11. The highest BCUT2D eigenvalue weighted by Gasteiger charge is 2.23. The third-order valence-electron chi connectivity index (χ3n) is 5.50. The summed E-state index contributed by atoms with van der Waals surface area (Å²) in [6, 6.07) is 17.1. The lowest BCUT2D eigenvalue weighted by atomic mass is 10.1. The largest absolute Gasteiger partial charge is 0.462 e. The molecule has 5 rings (SSSR count). The minimum Gasteiger partial charge on any atom is -0.462 e. The Kier molecular flexibility index (Phi) is 6.27. The number of rotatable bonds is 7. The monoisotopic (exact) mass is 483 g/mol. The summed E-state index contributed by atoms with van der Waals surface area (Å²) in [5.74, 6) is 0.789. The molecule has 180 valence electrons. The van der Waals surface area contributed by atoms with Crippen LogP contribution in [0.4, 0.5) is 15.9 Å². The van der Waals surface area contributed by atoms with Gasteiger partial charge in [-0.1, -0.05) is 12.1 Å². The Bertz CT molecular complexity index is 1540. The number of hydrogen-bond donors (Lipinski definition) is 1. The standard InChI is InChI=1S/C27H22FN5O3/c1-3-35-27(34)22-16-30-26-17(2)25(32-33(26)24(22)21-6-4-5-7-23(21)28)31-18-8-10-19(11-9-18)36-20-12-14-29-15-13-20/h4-16H,3H2,1-2H3,(H,31,32). The van der Waals surface area contributed by atoms with Crippen molar-refractivity contribution in [1.29, 1.82) is 0 Å². The summed E-state index contributed by atoms with van der Waals surface area (Å²) >= 11 is 0. The lowest BCUT2D eigenvalue weighted by molar-refractivity contribution is 0.0526. The Hall–Kier alpha value is -4.79. The molecule has 0 bridgehead atoms. The number of fused-ring (bicyclic) bond motifs is 1. The van der Waals surface area contributed by atoms with Gasteiger partial charge in [-0.3, -0.25) is 4.98 Å². The third kappa shape index (κ3) is 4.46. The number of aryl methyl sites for hydroxylation is 1. The van der Waals surface area contributed by atoms with Gasteiger partial charge in [0.25, 0.3) is 0 Å². The fourth-order valence-corrected chi connectivity index (χ4v) is 3.77. The molecule has 0 radical (unpaired) electrons. The van der Waals surface area contributed by atoms with Crippen LogP contribution in [0.25, 0.3) is 16.9 Å². The smallest absolute Gasteiger partial charge is 0.341 e. The van der Waals surface area contributed by atoms with Crippen LogP contribution in [0.3, 0.4) is 0 Å². The van der Waals surface area contributed by atoms with Gasteiger partial charge in [-0.25, -0.2) is 18.7 Å². The fraction of sp³-hybridized carbons (Fsp3) is 0.111. The Morgan fingerprint density at radius 2 is 1.75 bits per heavy atom. The normalized spacial score (nSPS) is 10.9. The van der Waals surface area contributed by atoms with Crippen LogP contribution < -0.4 is 10.1 Å². The van der Waals surface area contributed by atoms with E-state index in [9.17, 15) is 9.18 Å². The zero-order valence-electron chi connectivity index (χ0n) is 19.6. The number of esters is 1. The molecule has 5 aromatic rings. The molecule has 0 unspecified atom stereocenters. The van der Waals surface area contributed by atoms with E-state index in [1.807, 2.05) is 31.2 Å². The molecular weight excluding hydrogens is 461 g/mol. The molecular formula is C27H22FN5O3. The summed E-state index contributed by atoms with van der Waals surface area (Å²) < 4.78 is 27.3. The minimum atomic E-state index is -0.599. The van der Waals surface area contributed by atoms with Crippen LogP contribution in [0, 0.1) is 12.7 Å². The van der Waals surface area contributed by atoms with Crippen molar-refractivity contribution in [2.24, 2.45) is 0 Å². The van der Waals surface area contributed by atoms with E-state index in [4.69, 9.17) is 9.47 Å². The first-order chi connectivity index (χ1) is 17.5. The van der Waals surface area contributed by atoms with E-state index in [0.29, 0.717) is 23.0 Å². The predicted molar refractivity (Wildman–Crippen MR) is 133 cm³/mol. The first-order valence-corrected chi connectivity index (χ1v) is 11.3. The second-order valence-corrected chi connectivity index (χ2v) is 7.86. The maximum Gasteiger partial charge on any atom is 0.341 e. The van der Waals surface area contributed by atoms with Crippen LogP contribution in [0.15, 0.2) is 79.3 Å². The molecule has 1 N–H and O–H groups in total.